The lowest BCUT2D eigenvalue weighted by molar-refractivity contribution is 0.103. The fourth-order valence-corrected chi connectivity index (χ4v) is 1.97. The Balaban J connectivity index is 2.36. The predicted molar refractivity (Wildman–Crippen MR) is 53.0 cm³/mol. The molecule has 0 N–H and O–H groups in total. The molecule has 72 valence electrons. The second-order valence-corrected chi connectivity index (χ2v) is 3.58. The van der Waals surface area contributed by atoms with Crippen LogP contribution in [0.25, 0.3) is 0 Å². The molecular formula is C10H8O3S. The van der Waals surface area contributed by atoms with E-state index in [1.807, 2.05) is 5.38 Å². The maximum Gasteiger partial charge on any atom is 0.209 e. The van der Waals surface area contributed by atoms with Gasteiger partial charge in [0, 0.05) is 0 Å². The van der Waals surface area contributed by atoms with Gasteiger partial charge in [0.05, 0.1) is 18.9 Å². The first kappa shape index (κ1) is 9.02. The summed E-state index contributed by atoms with van der Waals surface area (Å²) in [6.45, 7) is 0. The van der Waals surface area contributed by atoms with Crippen LogP contribution < -0.4 is 4.74 Å². The zero-order valence-electron chi connectivity index (χ0n) is 7.52. The molecule has 0 fully saturated rings. The van der Waals surface area contributed by atoms with Crippen molar-refractivity contribution in [3.63, 3.8) is 0 Å². The van der Waals surface area contributed by atoms with Gasteiger partial charge in [-0.05, 0) is 17.5 Å². The zero-order valence-corrected chi connectivity index (χ0v) is 8.34. The summed E-state index contributed by atoms with van der Waals surface area (Å²) in [5, 5.41) is 1.83. The van der Waals surface area contributed by atoms with Crippen LogP contribution in [0, 0.1) is 0 Å². The Hall–Kier alpha value is -1.55. The number of methoxy groups -OCH3 is 1. The number of rotatable bonds is 3. The SMILES string of the molecule is COc1ccsc1C(=O)c1ccoc1. The van der Waals surface area contributed by atoms with Crippen molar-refractivity contribution in [2.24, 2.45) is 0 Å². The molecule has 0 saturated carbocycles. The number of ether oxygens (including phenoxy) is 1. The molecule has 0 bridgehead atoms. The third-order valence-corrected chi connectivity index (χ3v) is 2.73. The van der Waals surface area contributed by atoms with Crippen LogP contribution >= 0.6 is 11.3 Å². The normalized spacial score (nSPS) is 10.1. The summed E-state index contributed by atoms with van der Waals surface area (Å²) in [4.78, 5) is 12.4. The van der Waals surface area contributed by atoms with E-state index < -0.39 is 0 Å². The summed E-state index contributed by atoms with van der Waals surface area (Å²) >= 11 is 1.36. The smallest absolute Gasteiger partial charge is 0.209 e. The number of carbonyl (C=O) groups excluding carboxylic acids is 1. The molecule has 0 radical (unpaired) electrons. The van der Waals surface area contributed by atoms with Gasteiger partial charge in [-0.2, -0.15) is 0 Å². The monoisotopic (exact) mass is 208 g/mol. The largest absolute Gasteiger partial charge is 0.495 e. The van der Waals surface area contributed by atoms with E-state index >= 15 is 0 Å². The minimum atomic E-state index is -0.0643. The Kier molecular flexibility index (Phi) is 2.37. The summed E-state index contributed by atoms with van der Waals surface area (Å²) in [5.41, 5.74) is 0.547. The molecule has 2 heterocycles. The molecule has 0 aliphatic heterocycles. The Morgan fingerprint density at radius 3 is 3.00 bits per heavy atom. The molecule has 0 amide bonds. The van der Waals surface area contributed by atoms with E-state index in [0.29, 0.717) is 16.2 Å². The molecule has 0 aromatic carbocycles. The Morgan fingerprint density at radius 1 is 1.50 bits per heavy atom. The molecule has 0 saturated heterocycles. The van der Waals surface area contributed by atoms with Gasteiger partial charge >= 0.3 is 0 Å². The lowest BCUT2D eigenvalue weighted by atomic mass is 10.2. The number of ketones is 1. The summed E-state index contributed by atoms with van der Waals surface area (Å²) in [6.07, 6.45) is 2.91. The Labute approximate surface area is 84.9 Å². The summed E-state index contributed by atoms with van der Waals surface area (Å²) in [6, 6.07) is 3.42. The third kappa shape index (κ3) is 1.44. The zero-order chi connectivity index (χ0) is 9.97. The fourth-order valence-electron chi connectivity index (χ4n) is 1.15. The van der Waals surface area contributed by atoms with Crippen molar-refractivity contribution in [1.82, 2.24) is 0 Å². The van der Waals surface area contributed by atoms with Gasteiger partial charge in [0.15, 0.2) is 0 Å². The van der Waals surface area contributed by atoms with Gasteiger partial charge in [-0.3, -0.25) is 4.79 Å². The van der Waals surface area contributed by atoms with Crippen molar-refractivity contribution in [3.8, 4) is 5.75 Å². The Morgan fingerprint density at radius 2 is 2.36 bits per heavy atom. The number of furan rings is 1. The average Bonchev–Trinajstić information content (AvgIpc) is 2.87. The molecule has 0 unspecified atom stereocenters. The molecule has 0 spiro atoms. The van der Waals surface area contributed by atoms with Crippen molar-refractivity contribution in [2.45, 2.75) is 0 Å². The van der Waals surface area contributed by atoms with Crippen molar-refractivity contribution in [1.29, 1.82) is 0 Å². The minimum Gasteiger partial charge on any atom is -0.495 e. The van der Waals surface area contributed by atoms with Crippen molar-refractivity contribution >= 4 is 17.1 Å². The summed E-state index contributed by atoms with van der Waals surface area (Å²) in [7, 11) is 1.55. The van der Waals surface area contributed by atoms with Crippen LogP contribution in [0.4, 0.5) is 0 Å². The fraction of sp³-hybridized carbons (Fsp3) is 0.100. The van der Waals surface area contributed by atoms with Gasteiger partial charge in [-0.25, -0.2) is 0 Å². The lowest BCUT2D eigenvalue weighted by Gasteiger charge is -1.98. The standard InChI is InChI=1S/C10H8O3S/c1-12-8-3-5-14-10(8)9(11)7-2-4-13-6-7/h2-6H,1H3. The number of hydrogen-bond donors (Lipinski definition) is 0. The number of hydrogen-bond acceptors (Lipinski definition) is 4. The topological polar surface area (TPSA) is 39.4 Å². The van der Waals surface area contributed by atoms with Crippen LogP contribution in [0.2, 0.25) is 0 Å². The first-order valence-electron chi connectivity index (χ1n) is 4.01. The van der Waals surface area contributed by atoms with Crippen molar-refractivity contribution < 1.29 is 13.9 Å². The highest BCUT2D eigenvalue weighted by molar-refractivity contribution is 7.12. The molecule has 0 atom stereocenters. The first-order chi connectivity index (χ1) is 6.83. The maximum absolute atomic E-state index is 11.8. The van der Waals surface area contributed by atoms with Gasteiger partial charge in [-0.1, -0.05) is 0 Å². The number of carbonyl (C=O) groups is 1. The van der Waals surface area contributed by atoms with E-state index in [0.717, 1.165) is 0 Å². The molecule has 2 aromatic rings. The Bertz CT molecular complexity index is 428. The predicted octanol–water partition coefficient (Wildman–Crippen LogP) is 2.58. The molecule has 3 nitrogen and oxygen atoms in total. The van der Waals surface area contributed by atoms with Crippen LogP contribution in [-0.4, -0.2) is 12.9 Å². The van der Waals surface area contributed by atoms with Crippen molar-refractivity contribution in [3.05, 3.63) is 40.5 Å². The van der Waals surface area contributed by atoms with Gasteiger partial charge < -0.3 is 9.15 Å². The highest BCUT2D eigenvalue weighted by atomic mass is 32.1. The van der Waals surface area contributed by atoms with E-state index in [1.54, 1.807) is 19.2 Å². The molecule has 0 aliphatic rings. The van der Waals surface area contributed by atoms with E-state index in [1.165, 1.54) is 23.9 Å². The quantitative estimate of drug-likeness (QED) is 0.728. The van der Waals surface area contributed by atoms with Crippen LogP contribution in [0.1, 0.15) is 15.2 Å². The second-order valence-electron chi connectivity index (χ2n) is 2.66. The molecule has 2 aromatic heterocycles. The maximum atomic E-state index is 11.8. The molecule has 0 aliphatic carbocycles. The molecular weight excluding hydrogens is 200 g/mol. The van der Waals surface area contributed by atoms with Gasteiger partial charge in [0.25, 0.3) is 0 Å². The van der Waals surface area contributed by atoms with Crippen LogP contribution in [0.5, 0.6) is 5.75 Å². The highest BCUT2D eigenvalue weighted by Gasteiger charge is 2.16. The number of thiophene rings is 1. The van der Waals surface area contributed by atoms with Crippen LogP contribution in [-0.2, 0) is 0 Å². The van der Waals surface area contributed by atoms with Gasteiger partial charge in [0.1, 0.15) is 16.9 Å². The van der Waals surface area contributed by atoms with Crippen LogP contribution in [0.3, 0.4) is 0 Å². The first-order valence-corrected chi connectivity index (χ1v) is 4.89. The van der Waals surface area contributed by atoms with E-state index in [4.69, 9.17) is 9.15 Å². The van der Waals surface area contributed by atoms with E-state index in [9.17, 15) is 4.79 Å². The van der Waals surface area contributed by atoms with Crippen LogP contribution in [0.15, 0.2) is 34.5 Å². The molecule has 2 rings (SSSR count). The second kappa shape index (κ2) is 3.67. The molecule has 14 heavy (non-hydrogen) atoms. The third-order valence-electron chi connectivity index (χ3n) is 1.84. The van der Waals surface area contributed by atoms with E-state index in [-0.39, 0.29) is 5.78 Å². The molecule has 4 heteroatoms. The van der Waals surface area contributed by atoms with Gasteiger partial charge in [0.2, 0.25) is 5.78 Å². The van der Waals surface area contributed by atoms with Gasteiger partial charge in [-0.15, -0.1) is 11.3 Å². The summed E-state index contributed by atoms with van der Waals surface area (Å²) < 4.78 is 9.91. The van der Waals surface area contributed by atoms with E-state index in [2.05, 4.69) is 0 Å². The van der Waals surface area contributed by atoms with Crippen molar-refractivity contribution in [2.75, 3.05) is 7.11 Å². The summed E-state index contributed by atoms with van der Waals surface area (Å²) in [5.74, 6) is 0.548. The minimum absolute atomic E-state index is 0.0643. The average molecular weight is 208 g/mol. The lowest BCUT2D eigenvalue weighted by Crippen LogP contribution is -1.98. The highest BCUT2D eigenvalue weighted by Crippen LogP contribution is 2.27.